The first-order chi connectivity index (χ1) is 11.3. The second kappa shape index (κ2) is 5.01. The number of thiophene rings is 1. The molecule has 0 fully saturated rings. The number of nitrogens with zero attached hydrogens (tertiary/aromatic N) is 5. The molecule has 0 saturated heterocycles. The number of hydrogen-bond acceptors (Lipinski definition) is 6. The monoisotopic (exact) mass is 339 g/mol. The van der Waals surface area contributed by atoms with Crippen molar-refractivity contribution in [3.63, 3.8) is 0 Å². The Labute approximate surface area is 140 Å². The molecule has 7 heteroatoms. The summed E-state index contributed by atoms with van der Waals surface area (Å²) in [5.74, 6) is 0.814. The molecule has 0 N–H and O–H groups in total. The zero-order chi connectivity index (χ0) is 15.4. The van der Waals surface area contributed by atoms with E-state index in [4.69, 9.17) is 4.98 Å². The fourth-order valence-electron chi connectivity index (χ4n) is 3.11. The Bertz CT molecular complexity index is 1050. The predicted octanol–water partition coefficient (Wildman–Crippen LogP) is 3.68. The third-order valence-corrected chi connectivity index (χ3v) is 6.25. The highest BCUT2D eigenvalue weighted by Crippen LogP contribution is 2.41. The fraction of sp³-hybridized carbons (Fsp3) is 0.250. The van der Waals surface area contributed by atoms with Gasteiger partial charge in [-0.3, -0.25) is 4.40 Å². The van der Waals surface area contributed by atoms with Gasteiger partial charge in [-0.1, -0.05) is 6.07 Å². The molecule has 0 aromatic carbocycles. The molecule has 0 spiro atoms. The first-order valence-corrected chi connectivity index (χ1v) is 9.19. The van der Waals surface area contributed by atoms with Crippen molar-refractivity contribution in [1.29, 1.82) is 0 Å². The molecule has 1 aliphatic carbocycles. The zero-order valence-corrected chi connectivity index (χ0v) is 14.1. The predicted molar refractivity (Wildman–Crippen MR) is 91.3 cm³/mol. The van der Waals surface area contributed by atoms with Gasteiger partial charge in [-0.15, -0.1) is 21.5 Å². The molecule has 5 nitrogen and oxygen atoms in total. The zero-order valence-electron chi connectivity index (χ0n) is 12.5. The van der Waals surface area contributed by atoms with E-state index in [1.165, 1.54) is 28.7 Å². The van der Waals surface area contributed by atoms with Gasteiger partial charge < -0.3 is 0 Å². The average molecular weight is 339 g/mol. The molecule has 0 bridgehead atoms. The minimum absolute atomic E-state index is 0.814. The highest BCUT2D eigenvalue weighted by Gasteiger charge is 2.23. The lowest BCUT2D eigenvalue weighted by Gasteiger charge is -2.04. The summed E-state index contributed by atoms with van der Waals surface area (Å²) in [5.41, 5.74) is 2.30. The lowest BCUT2D eigenvalue weighted by Crippen LogP contribution is -1.94. The van der Waals surface area contributed by atoms with Crippen molar-refractivity contribution in [2.24, 2.45) is 0 Å². The van der Waals surface area contributed by atoms with Gasteiger partial charge in [-0.25, -0.2) is 9.97 Å². The van der Waals surface area contributed by atoms with E-state index < -0.39 is 0 Å². The average Bonchev–Trinajstić information content (AvgIpc) is 3.21. The number of aromatic nitrogens is 5. The van der Waals surface area contributed by atoms with E-state index in [2.05, 4.69) is 15.2 Å². The molecule has 23 heavy (non-hydrogen) atoms. The van der Waals surface area contributed by atoms with E-state index in [-0.39, 0.29) is 0 Å². The Kier molecular flexibility index (Phi) is 2.93. The van der Waals surface area contributed by atoms with Crippen LogP contribution >= 0.6 is 23.1 Å². The Morgan fingerprint density at radius 3 is 3.09 bits per heavy atom. The summed E-state index contributed by atoms with van der Waals surface area (Å²) >= 11 is 3.41. The van der Waals surface area contributed by atoms with Crippen LogP contribution in [0.5, 0.6) is 0 Å². The van der Waals surface area contributed by atoms with Crippen LogP contribution in [0.1, 0.15) is 22.7 Å². The van der Waals surface area contributed by atoms with E-state index >= 15 is 0 Å². The second-order valence-electron chi connectivity index (χ2n) is 5.63. The molecule has 0 aliphatic heterocycles. The van der Waals surface area contributed by atoms with Gasteiger partial charge in [0.05, 0.1) is 0 Å². The third-order valence-electron chi connectivity index (χ3n) is 4.11. The maximum Gasteiger partial charge on any atom is 0.201 e. The van der Waals surface area contributed by atoms with Gasteiger partial charge in [0.2, 0.25) is 5.16 Å². The number of pyridine rings is 1. The molecule has 0 unspecified atom stereocenters. The van der Waals surface area contributed by atoms with E-state index in [0.29, 0.717) is 0 Å². The molecule has 0 saturated carbocycles. The maximum absolute atomic E-state index is 4.71. The Hall–Kier alpha value is -1.99. The van der Waals surface area contributed by atoms with Crippen LogP contribution in [-0.2, 0) is 12.8 Å². The summed E-state index contributed by atoms with van der Waals surface area (Å²) in [6.07, 6.45) is 5.53. The first kappa shape index (κ1) is 13.4. The standard InChI is InChI=1S/C16H13N5S2/c1-9-17-14-13(10-5-4-6-11(10)22-14)15(18-9)23-16-20-19-12-7-2-3-8-21(12)16/h2-3,7-8H,4-6H2,1H3. The molecule has 0 radical (unpaired) electrons. The molecule has 4 aromatic heterocycles. The van der Waals surface area contributed by atoms with Crippen LogP contribution < -0.4 is 0 Å². The fourth-order valence-corrected chi connectivity index (χ4v) is 5.49. The van der Waals surface area contributed by atoms with Gasteiger partial charge in [0, 0.05) is 16.5 Å². The van der Waals surface area contributed by atoms with Crippen molar-refractivity contribution < 1.29 is 0 Å². The van der Waals surface area contributed by atoms with Crippen LogP contribution in [-0.4, -0.2) is 24.6 Å². The van der Waals surface area contributed by atoms with Gasteiger partial charge in [0.15, 0.2) is 5.65 Å². The van der Waals surface area contributed by atoms with Gasteiger partial charge in [-0.05, 0) is 55.6 Å². The molecule has 0 atom stereocenters. The van der Waals surface area contributed by atoms with Crippen LogP contribution in [0.15, 0.2) is 34.6 Å². The minimum atomic E-state index is 0.814. The van der Waals surface area contributed by atoms with Crippen LogP contribution in [0, 0.1) is 6.92 Å². The molecular formula is C16H13N5S2. The molecule has 5 rings (SSSR count). The Morgan fingerprint density at radius 2 is 2.13 bits per heavy atom. The summed E-state index contributed by atoms with van der Waals surface area (Å²) < 4.78 is 2.00. The molecule has 0 amide bonds. The van der Waals surface area contributed by atoms with Crippen molar-refractivity contribution in [2.45, 2.75) is 36.4 Å². The number of fused-ring (bicyclic) bond motifs is 4. The van der Waals surface area contributed by atoms with Gasteiger partial charge in [0.1, 0.15) is 15.7 Å². The molecule has 1 aliphatic rings. The van der Waals surface area contributed by atoms with Crippen molar-refractivity contribution in [3.05, 3.63) is 40.7 Å². The maximum atomic E-state index is 4.71. The number of rotatable bonds is 2. The van der Waals surface area contributed by atoms with E-state index in [9.17, 15) is 0 Å². The first-order valence-electron chi connectivity index (χ1n) is 7.56. The molecular weight excluding hydrogens is 326 g/mol. The summed E-state index contributed by atoms with van der Waals surface area (Å²) in [6, 6.07) is 5.92. The van der Waals surface area contributed by atoms with E-state index in [1.54, 1.807) is 11.8 Å². The normalized spacial score (nSPS) is 14.0. The highest BCUT2D eigenvalue weighted by atomic mass is 32.2. The van der Waals surface area contributed by atoms with Gasteiger partial charge >= 0.3 is 0 Å². The van der Waals surface area contributed by atoms with Crippen molar-refractivity contribution in [2.75, 3.05) is 0 Å². The number of aryl methyl sites for hydroxylation is 3. The van der Waals surface area contributed by atoms with Crippen LogP contribution in [0.3, 0.4) is 0 Å². The largest absolute Gasteiger partial charge is 0.277 e. The molecule has 4 aromatic rings. The SMILES string of the molecule is Cc1nc(Sc2nnc3ccccn23)c2c3c(sc2n1)CCC3. The van der Waals surface area contributed by atoms with Crippen LogP contribution in [0.2, 0.25) is 0 Å². The van der Waals surface area contributed by atoms with Crippen LogP contribution in [0.4, 0.5) is 0 Å². The Morgan fingerprint density at radius 1 is 1.17 bits per heavy atom. The van der Waals surface area contributed by atoms with Gasteiger partial charge in [-0.2, -0.15) is 0 Å². The smallest absolute Gasteiger partial charge is 0.201 e. The van der Waals surface area contributed by atoms with Gasteiger partial charge in [0.25, 0.3) is 0 Å². The second-order valence-corrected chi connectivity index (χ2v) is 7.67. The highest BCUT2D eigenvalue weighted by molar-refractivity contribution is 7.99. The van der Waals surface area contributed by atoms with Crippen molar-refractivity contribution >= 4 is 39.0 Å². The van der Waals surface area contributed by atoms with Crippen molar-refractivity contribution in [3.8, 4) is 0 Å². The third kappa shape index (κ3) is 2.07. The quantitative estimate of drug-likeness (QED) is 0.521. The van der Waals surface area contributed by atoms with Crippen LogP contribution in [0.25, 0.3) is 15.9 Å². The summed E-state index contributed by atoms with van der Waals surface area (Å²) in [4.78, 5) is 11.9. The minimum Gasteiger partial charge on any atom is -0.277 e. The Balaban J connectivity index is 1.70. The molecule has 4 heterocycles. The summed E-state index contributed by atoms with van der Waals surface area (Å²) in [6.45, 7) is 1.95. The summed E-state index contributed by atoms with van der Waals surface area (Å²) in [7, 11) is 0. The molecule has 114 valence electrons. The van der Waals surface area contributed by atoms with E-state index in [1.807, 2.05) is 47.1 Å². The lowest BCUT2D eigenvalue weighted by molar-refractivity contribution is 0.908. The summed E-state index contributed by atoms with van der Waals surface area (Å²) in [5, 5.41) is 11.6. The van der Waals surface area contributed by atoms with Crippen molar-refractivity contribution in [1.82, 2.24) is 24.6 Å². The van der Waals surface area contributed by atoms with E-state index in [0.717, 1.165) is 32.9 Å². The number of hydrogen-bond donors (Lipinski definition) is 0. The lowest BCUT2D eigenvalue weighted by atomic mass is 10.2. The topological polar surface area (TPSA) is 56.0 Å².